The van der Waals surface area contributed by atoms with Crippen molar-refractivity contribution in [3.8, 4) is 5.75 Å². The van der Waals surface area contributed by atoms with E-state index >= 15 is 0 Å². The molecule has 0 saturated heterocycles. The van der Waals surface area contributed by atoms with Crippen LogP contribution in [0.25, 0.3) is 0 Å². The van der Waals surface area contributed by atoms with E-state index in [-0.39, 0.29) is 12.5 Å². The fourth-order valence-electron chi connectivity index (χ4n) is 2.21. The normalized spacial score (nSPS) is 10.4. The molecule has 0 fully saturated rings. The van der Waals surface area contributed by atoms with Crippen molar-refractivity contribution >= 4 is 29.6 Å². The number of aryl methyl sites for hydroxylation is 1. The molecule has 2 aromatic carbocycles. The van der Waals surface area contributed by atoms with Gasteiger partial charge in [-0.1, -0.05) is 30.3 Å². The number of anilines is 1. The maximum atomic E-state index is 12.1. The summed E-state index contributed by atoms with van der Waals surface area (Å²) >= 11 is 0. The summed E-state index contributed by atoms with van der Waals surface area (Å²) in [5.74, 6) is -1.52. The molecule has 3 N–H and O–H groups in total. The van der Waals surface area contributed by atoms with Gasteiger partial charge in [0.25, 0.3) is 5.91 Å². The number of hydrogen-bond acceptors (Lipinski definition) is 5. The Hall–Kier alpha value is -3.68. The summed E-state index contributed by atoms with van der Waals surface area (Å²) in [5, 5.41) is 8.90. The number of benzene rings is 2. The monoisotopic (exact) mass is 382 g/mol. The lowest BCUT2D eigenvalue weighted by atomic mass is 10.2. The summed E-state index contributed by atoms with van der Waals surface area (Å²) in [6, 6.07) is 14.3. The highest BCUT2D eigenvalue weighted by Crippen LogP contribution is 2.16. The van der Waals surface area contributed by atoms with Crippen molar-refractivity contribution in [3.63, 3.8) is 0 Å². The van der Waals surface area contributed by atoms with E-state index in [1.807, 2.05) is 31.2 Å². The molecule has 0 aromatic heterocycles. The number of para-hydroxylation sites is 2. The first-order valence-electron chi connectivity index (χ1n) is 8.69. The van der Waals surface area contributed by atoms with Gasteiger partial charge in [-0.15, -0.1) is 0 Å². The quantitative estimate of drug-likeness (QED) is 0.384. The van der Waals surface area contributed by atoms with E-state index in [2.05, 4.69) is 21.2 Å². The van der Waals surface area contributed by atoms with Crippen molar-refractivity contribution in [1.29, 1.82) is 0 Å². The van der Waals surface area contributed by atoms with Gasteiger partial charge >= 0.3 is 11.8 Å². The number of hydrogen-bond donors (Lipinski definition) is 3. The SMILES string of the molecule is CCNC(=O)C(=O)N/N=C\c1ccccc1OCC(=O)Nc1ccccc1C. The van der Waals surface area contributed by atoms with E-state index in [9.17, 15) is 14.4 Å². The third kappa shape index (κ3) is 6.24. The van der Waals surface area contributed by atoms with Crippen LogP contribution in [0.15, 0.2) is 53.6 Å². The average Bonchev–Trinajstić information content (AvgIpc) is 2.69. The van der Waals surface area contributed by atoms with Gasteiger partial charge in [0, 0.05) is 17.8 Å². The predicted octanol–water partition coefficient (Wildman–Crippen LogP) is 1.60. The zero-order chi connectivity index (χ0) is 20.4. The van der Waals surface area contributed by atoms with Crippen LogP contribution >= 0.6 is 0 Å². The maximum Gasteiger partial charge on any atom is 0.329 e. The van der Waals surface area contributed by atoms with E-state index in [4.69, 9.17) is 4.74 Å². The second-order valence-electron chi connectivity index (χ2n) is 5.75. The highest BCUT2D eigenvalue weighted by molar-refractivity contribution is 6.35. The van der Waals surface area contributed by atoms with Crippen LogP contribution in [0.2, 0.25) is 0 Å². The first-order valence-corrected chi connectivity index (χ1v) is 8.69. The van der Waals surface area contributed by atoms with Gasteiger partial charge in [0.2, 0.25) is 0 Å². The van der Waals surface area contributed by atoms with E-state index in [1.54, 1.807) is 31.2 Å². The topological polar surface area (TPSA) is 109 Å². The number of carbonyl (C=O) groups is 3. The van der Waals surface area contributed by atoms with Gasteiger partial charge in [-0.05, 0) is 37.6 Å². The zero-order valence-corrected chi connectivity index (χ0v) is 15.7. The van der Waals surface area contributed by atoms with Crippen LogP contribution in [0.1, 0.15) is 18.1 Å². The lowest BCUT2D eigenvalue weighted by Crippen LogP contribution is -2.37. The minimum atomic E-state index is -0.867. The van der Waals surface area contributed by atoms with Gasteiger partial charge < -0.3 is 15.4 Å². The van der Waals surface area contributed by atoms with Gasteiger partial charge in [-0.3, -0.25) is 14.4 Å². The summed E-state index contributed by atoms with van der Waals surface area (Å²) in [4.78, 5) is 35.0. The third-order valence-corrected chi connectivity index (χ3v) is 3.61. The molecule has 146 valence electrons. The number of likely N-dealkylation sites (N-methyl/N-ethyl adjacent to an activating group) is 1. The first kappa shape index (κ1) is 20.6. The van der Waals surface area contributed by atoms with Crippen LogP contribution in [0.5, 0.6) is 5.75 Å². The fourth-order valence-corrected chi connectivity index (χ4v) is 2.21. The zero-order valence-electron chi connectivity index (χ0n) is 15.7. The highest BCUT2D eigenvalue weighted by Gasteiger charge is 2.11. The number of ether oxygens (including phenoxy) is 1. The Morgan fingerprint density at radius 1 is 1.04 bits per heavy atom. The van der Waals surface area contributed by atoms with Gasteiger partial charge in [0.1, 0.15) is 5.75 Å². The van der Waals surface area contributed by atoms with Gasteiger partial charge in [0.05, 0.1) is 6.21 Å². The van der Waals surface area contributed by atoms with Crippen molar-refractivity contribution in [2.24, 2.45) is 5.10 Å². The number of nitrogens with zero attached hydrogens (tertiary/aromatic N) is 1. The Morgan fingerprint density at radius 2 is 1.75 bits per heavy atom. The molecule has 0 aliphatic rings. The molecule has 0 unspecified atom stereocenters. The van der Waals surface area contributed by atoms with Gasteiger partial charge in [0.15, 0.2) is 6.61 Å². The summed E-state index contributed by atoms with van der Waals surface area (Å²) < 4.78 is 5.56. The molecule has 0 heterocycles. The molecule has 0 radical (unpaired) electrons. The summed E-state index contributed by atoms with van der Waals surface area (Å²) in [5.41, 5.74) is 4.35. The van der Waals surface area contributed by atoms with Crippen LogP contribution in [-0.4, -0.2) is 37.1 Å². The Bertz CT molecular complexity index is 880. The molecule has 0 atom stereocenters. The minimum Gasteiger partial charge on any atom is -0.483 e. The standard InChI is InChI=1S/C20H22N4O4/c1-3-21-19(26)20(27)24-22-12-15-9-5-7-11-17(15)28-13-18(25)23-16-10-6-4-8-14(16)2/h4-12H,3,13H2,1-2H3,(H,21,26)(H,23,25)(H,24,27)/b22-12-. The van der Waals surface area contributed by atoms with E-state index in [0.29, 0.717) is 17.9 Å². The van der Waals surface area contributed by atoms with Crippen molar-refractivity contribution in [2.45, 2.75) is 13.8 Å². The molecular formula is C20H22N4O4. The molecule has 8 heteroatoms. The lowest BCUT2D eigenvalue weighted by molar-refractivity contribution is -0.139. The van der Waals surface area contributed by atoms with Crippen LogP contribution in [0.3, 0.4) is 0 Å². The van der Waals surface area contributed by atoms with Gasteiger partial charge in [-0.2, -0.15) is 5.10 Å². The van der Waals surface area contributed by atoms with Crippen LogP contribution in [0, 0.1) is 6.92 Å². The summed E-state index contributed by atoms with van der Waals surface area (Å²) in [6.45, 7) is 3.76. The van der Waals surface area contributed by atoms with E-state index < -0.39 is 11.8 Å². The highest BCUT2D eigenvalue weighted by atomic mass is 16.5. The van der Waals surface area contributed by atoms with E-state index in [0.717, 1.165) is 11.3 Å². The third-order valence-electron chi connectivity index (χ3n) is 3.61. The number of rotatable bonds is 7. The molecule has 28 heavy (non-hydrogen) atoms. The molecule has 0 saturated carbocycles. The summed E-state index contributed by atoms with van der Waals surface area (Å²) in [6.07, 6.45) is 1.34. The Balaban J connectivity index is 1.93. The Kier molecular flexibility index (Phi) is 7.71. The first-order chi connectivity index (χ1) is 13.5. The van der Waals surface area contributed by atoms with E-state index in [1.165, 1.54) is 6.21 Å². The van der Waals surface area contributed by atoms with Crippen LogP contribution in [-0.2, 0) is 14.4 Å². The summed E-state index contributed by atoms with van der Waals surface area (Å²) in [7, 11) is 0. The van der Waals surface area contributed by atoms with Crippen LogP contribution < -0.4 is 20.8 Å². The molecule has 3 amide bonds. The molecule has 0 aliphatic carbocycles. The largest absolute Gasteiger partial charge is 0.483 e. The number of carbonyl (C=O) groups excluding carboxylic acids is 3. The Morgan fingerprint density at radius 3 is 2.50 bits per heavy atom. The molecule has 2 rings (SSSR count). The minimum absolute atomic E-state index is 0.190. The fraction of sp³-hybridized carbons (Fsp3) is 0.200. The van der Waals surface area contributed by atoms with Crippen molar-refractivity contribution < 1.29 is 19.1 Å². The second kappa shape index (κ2) is 10.5. The van der Waals surface area contributed by atoms with Gasteiger partial charge in [-0.25, -0.2) is 5.43 Å². The van der Waals surface area contributed by atoms with Crippen molar-refractivity contribution in [1.82, 2.24) is 10.7 Å². The number of amides is 3. The molecule has 0 spiro atoms. The van der Waals surface area contributed by atoms with Crippen molar-refractivity contribution in [2.75, 3.05) is 18.5 Å². The molecule has 2 aromatic rings. The Labute approximate surface area is 163 Å². The average molecular weight is 382 g/mol. The lowest BCUT2D eigenvalue weighted by Gasteiger charge is -2.10. The number of hydrazone groups is 1. The van der Waals surface area contributed by atoms with Crippen molar-refractivity contribution in [3.05, 3.63) is 59.7 Å². The molecule has 0 aliphatic heterocycles. The molecule has 0 bridgehead atoms. The molecular weight excluding hydrogens is 360 g/mol. The van der Waals surface area contributed by atoms with Crippen LogP contribution in [0.4, 0.5) is 5.69 Å². The molecule has 8 nitrogen and oxygen atoms in total. The predicted molar refractivity (Wildman–Crippen MR) is 106 cm³/mol. The maximum absolute atomic E-state index is 12.1. The number of nitrogens with one attached hydrogen (secondary N) is 3. The second-order valence-corrected chi connectivity index (χ2v) is 5.75. The smallest absolute Gasteiger partial charge is 0.329 e.